The molecule has 3 heteroatoms. The Morgan fingerprint density at radius 1 is 1.04 bits per heavy atom. The number of anilines is 1. The van der Waals surface area contributed by atoms with Crippen LogP contribution in [0.4, 0.5) is 5.69 Å². The van der Waals surface area contributed by atoms with Crippen molar-refractivity contribution in [1.29, 1.82) is 0 Å². The molecule has 1 N–H and O–H groups in total. The molecule has 1 aliphatic rings. The quantitative estimate of drug-likeness (QED) is 0.702. The molecule has 3 aromatic carbocycles. The molecule has 0 fully saturated rings. The molecule has 0 aliphatic carbocycles. The molecule has 1 unspecified atom stereocenters. The minimum absolute atomic E-state index is 0.0816. The first-order valence-electron chi connectivity index (χ1n) is 9.23. The van der Waals surface area contributed by atoms with Crippen LogP contribution in [0.3, 0.4) is 0 Å². The van der Waals surface area contributed by atoms with Gasteiger partial charge in [0.25, 0.3) is 5.91 Å². The smallest absolute Gasteiger partial charge is 0.255 e. The molecule has 4 rings (SSSR count). The monoisotopic (exact) mass is 357 g/mol. The van der Waals surface area contributed by atoms with E-state index in [1.165, 1.54) is 11.1 Å². The summed E-state index contributed by atoms with van der Waals surface area (Å²) >= 11 is 0. The van der Waals surface area contributed by atoms with Crippen LogP contribution in [0.1, 0.15) is 34.0 Å². The number of benzene rings is 3. The van der Waals surface area contributed by atoms with Gasteiger partial charge in [-0.3, -0.25) is 4.79 Å². The average Bonchev–Trinajstić information content (AvgIpc) is 3.00. The minimum Gasteiger partial charge on any atom is -0.492 e. The second-order valence-electron chi connectivity index (χ2n) is 7.49. The number of carbonyl (C=O) groups excluding carboxylic acids is 1. The van der Waals surface area contributed by atoms with Gasteiger partial charge >= 0.3 is 0 Å². The van der Waals surface area contributed by atoms with Crippen LogP contribution in [0, 0.1) is 6.92 Å². The Hall–Kier alpha value is -3.07. The molecule has 0 radical (unpaired) electrons. The van der Waals surface area contributed by atoms with Crippen molar-refractivity contribution in [3.63, 3.8) is 0 Å². The molecule has 0 spiro atoms. The predicted molar refractivity (Wildman–Crippen MR) is 109 cm³/mol. The third kappa shape index (κ3) is 3.45. The molecule has 1 atom stereocenters. The molecule has 0 aromatic heterocycles. The Morgan fingerprint density at radius 3 is 2.56 bits per heavy atom. The Morgan fingerprint density at radius 2 is 1.78 bits per heavy atom. The number of hydrogen-bond acceptors (Lipinski definition) is 2. The zero-order chi connectivity index (χ0) is 18.9. The molecule has 0 bridgehead atoms. The van der Waals surface area contributed by atoms with Crippen molar-refractivity contribution >= 4 is 11.6 Å². The summed E-state index contributed by atoms with van der Waals surface area (Å²) in [6.45, 7) is 4.83. The lowest BCUT2D eigenvalue weighted by Crippen LogP contribution is -2.26. The molecule has 0 saturated heterocycles. The van der Waals surface area contributed by atoms with Gasteiger partial charge in [0.1, 0.15) is 5.75 Å². The first-order chi connectivity index (χ1) is 13.0. The fourth-order valence-electron chi connectivity index (χ4n) is 3.70. The summed E-state index contributed by atoms with van der Waals surface area (Å²) in [4.78, 5) is 12.7. The van der Waals surface area contributed by atoms with Crippen LogP contribution in [-0.4, -0.2) is 12.5 Å². The Bertz CT molecular complexity index is 981. The highest BCUT2D eigenvalue weighted by Crippen LogP contribution is 2.41. The third-order valence-corrected chi connectivity index (χ3v) is 5.27. The van der Waals surface area contributed by atoms with Crippen LogP contribution >= 0.6 is 0 Å². The van der Waals surface area contributed by atoms with E-state index in [4.69, 9.17) is 4.74 Å². The lowest BCUT2D eigenvalue weighted by atomic mass is 9.79. The second kappa shape index (κ2) is 6.92. The van der Waals surface area contributed by atoms with Crippen molar-refractivity contribution in [2.24, 2.45) is 0 Å². The summed E-state index contributed by atoms with van der Waals surface area (Å²) in [5.41, 5.74) is 4.86. The van der Waals surface area contributed by atoms with Crippen LogP contribution in [0.15, 0.2) is 72.8 Å². The topological polar surface area (TPSA) is 38.3 Å². The molecular formula is C24H23NO2. The van der Waals surface area contributed by atoms with E-state index in [9.17, 15) is 4.79 Å². The van der Waals surface area contributed by atoms with Crippen LogP contribution < -0.4 is 10.1 Å². The maximum Gasteiger partial charge on any atom is 0.255 e. The van der Waals surface area contributed by atoms with Gasteiger partial charge in [0.05, 0.1) is 6.61 Å². The number of aryl methyl sites for hydroxylation is 1. The normalized spacial score (nSPS) is 17.9. The summed E-state index contributed by atoms with van der Waals surface area (Å²) in [7, 11) is 0. The average molecular weight is 357 g/mol. The van der Waals surface area contributed by atoms with Crippen molar-refractivity contribution < 1.29 is 9.53 Å². The van der Waals surface area contributed by atoms with Gasteiger partial charge in [-0.05, 0) is 42.7 Å². The molecule has 1 amide bonds. The van der Waals surface area contributed by atoms with Crippen molar-refractivity contribution in [3.8, 4) is 5.75 Å². The maximum atomic E-state index is 12.7. The van der Waals surface area contributed by atoms with E-state index in [1.807, 2.05) is 55.5 Å². The van der Waals surface area contributed by atoms with E-state index in [0.29, 0.717) is 12.2 Å². The Kier molecular flexibility index (Phi) is 4.44. The molecule has 1 heterocycles. The van der Waals surface area contributed by atoms with Gasteiger partial charge in [0.2, 0.25) is 0 Å². The van der Waals surface area contributed by atoms with E-state index in [1.54, 1.807) is 0 Å². The summed E-state index contributed by atoms with van der Waals surface area (Å²) in [5.74, 6) is 0.693. The lowest BCUT2D eigenvalue weighted by Gasteiger charge is -2.22. The molecule has 3 aromatic rings. The number of hydrogen-bond donors (Lipinski definition) is 1. The molecule has 136 valence electrons. The molecule has 27 heavy (non-hydrogen) atoms. The largest absolute Gasteiger partial charge is 0.492 e. The summed E-state index contributed by atoms with van der Waals surface area (Å²) in [5, 5.41) is 2.98. The van der Waals surface area contributed by atoms with Gasteiger partial charge in [-0.25, -0.2) is 0 Å². The van der Waals surface area contributed by atoms with Crippen molar-refractivity contribution in [1.82, 2.24) is 0 Å². The maximum absolute atomic E-state index is 12.7. The molecule has 3 nitrogen and oxygen atoms in total. The zero-order valence-corrected chi connectivity index (χ0v) is 15.7. The molecule has 1 aliphatic heterocycles. The van der Waals surface area contributed by atoms with Crippen LogP contribution in [-0.2, 0) is 11.8 Å². The first kappa shape index (κ1) is 17.3. The van der Waals surface area contributed by atoms with Gasteiger partial charge in [0.15, 0.2) is 0 Å². The summed E-state index contributed by atoms with van der Waals surface area (Å²) in [6, 6.07) is 24.0. The standard InChI is InChI=1S/C24H23NO2/c1-17-8-6-7-11-21(17)25-23(26)19-12-13-20-22(14-19)27-16-24(20,2)15-18-9-4-3-5-10-18/h3-14H,15-16H2,1-2H3,(H,25,26). The van der Waals surface area contributed by atoms with Crippen LogP contribution in [0.2, 0.25) is 0 Å². The van der Waals surface area contributed by atoms with E-state index in [0.717, 1.165) is 23.4 Å². The number of nitrogens with one attached hydrogen (secondary N) is 1. The Labute approximate surface area is 160 Å². The Balaban J connectivity index is 1.56. The number of ether oxygens (including phenoxy) is 1. The van der Waals surface area contributed by atoms with Gasteiger partial charge in [0, 0.05) is 22.2 Å². The summed E-state index contributed by atoms with van der Waals surface area (Å²) < 4.78 is 5.97. The molecular weight excluding hydrogens is 334 g/mol. The van der Waals surface area contributed by atoms with Gasteiger partial charge in [-0.1, -0.05) is 61.5 Å². The SMILES string of the molecule is Cc1ccccc1NC(=O)c1ccc2c(c1)OCC2(C)Cc1ccccc1. The van der Waals surface area contributed by atoms with Crippen molar-refractivity contribution in [3.05, 3.63) is 95.1 Å². The van der Waals surface area contributed by atoms with Gasteiger partial charge in [-0.2, -0.15) is 0 Å². The van der Waals surface area contributed by atoms with E-state index < -0.39 is 0 Å². The van der Waals surface area contributed by atoms with E-state index >= 15 is 0 Å². The van der Waals surface area contributed by atoms with Crippen LogP contribution in [0.25, 0.3) is 0 Å². The number of para-hydroxylation sites is 1. The minimum atomic E-state index is -0.118. The number of amides is 1. The third-order valence-electron chi connectivity index (χ3n) is 5.27. The van der Waals surface area contributed by atoms with Gasteiger partial charge < -0.3 is 10.1 Å². The lowest BCUT2D eigenvalue weighted by molar-refractivity contribution is 0.102. The fraction of sp³-hybridized carbons (Fsp3) is 0.208. The highest BCUT2D eigenvalue weighted by molar-refractivity contribution is 6.05. The van der Waals surface area contributed by atoms with Gasteiger partial charge in [-0.15, -0.1) is 0 Å². The second-order valence-corrected chi connectivity index (χ2v) is 7.49. The highest BCUT2D eigenvalue weighted by Gasteiger charge is 2.36. The fourth-order valence-corrected chi connectivity index (χ4v) is 3.70. The van der Waals surface area contributed by atoms with Crippen molar-refractivity contribution in [2.45, 2.75) is 25.7 Å². The van der Waals surface area contributed by atoms with Crippen LogP contribution in [0.5, 0.6) is 5.75 Å². The summed E-state index contributed by atoms with van der Waals surface area (Å²) in [6.07, 6.45) is 0.912. The predicted octanol–water partition coefficient (Wildman–Crippen LogP) is 5.14. The highest BCUT2D eigenvalue weighted by atomic mass is 16.5. The zero-order valence-electron chi connectivity index (χ0n) is 15.7. The number of rotatable bonds is 4. The number of carbonyl (C=O) groups is 1. The molecule has 0 saturated carbocycles. The van der Waals surface area contributed by atoms with E-state index in [-0.39, 0.29) is 11.3 Å². The number of fused-ring (bicyclic) bond motifs is 1. The van der Waals surface area contributed by atoms with E-state index in [2.05, 4.69) is 36.5 Å². The van der Waals surface area contributed by atoms with Crippen molar-refractivity contribution in [2.75, 3.05) is 11.9 Å². The first-order valence-corrected chi connectivity index (χ1v) is 9.23.